The fourth-order valence-corrected chi connectivity index (χ4v) is 1.75. The number of rotatable bonds is 3. The summed E-state index contributed by atoms with van der Waals surface area (Å²) in [5, 5.41) is 0. The fraction of sp³-hybridized carbons (Fsp3) is 0.250. The van der Waals surface area contributed by atoms with E-state index in [1.807, 2.05) is 0 Å². The molecule has 0 aromatic heterocycles. The van der Waals surface area contributed by atoms with Crippen molar-refractivity contribution in [3.05, 3.63) is 30.3 Å². The zero-order valence-electron chi connectivity index (χ0n) is 7.43. The molecule has 68 valence electrons. The SMILES string of the molecule is CCOS(=O)(=O)c1ccccc1.[Zn]. The van der Waals surface area contributed by atoms with Crippen LogP contribution in [-0.4, -0.2) is 15.0 Å². The Hall–Kier alpha value is -0.247. The minimum Gasteiger partial charge on any atom is -0.267 e. The molecule has 1 rings (SSSR count). The molecular weight excluding hydrogens is 242 g/mol. The van der Waals surface area contributed by atoms with E-state index in [-0.39, 0.29) is 31.0 Å². The minimum absolute atomic E-state index is 0. The van der Waals surface area contributed by atoms with Gasteiger partial charge in [0.25, 0.3) is 10.1 Å². The molecule has 0 N–H and O–H groups in total. The van der Waals surface area contributed by atoms with Gasteiger partial charge in [-0.25, -0.2) is 0 Å². The van der Waals surface area contributed by atoms with Gasteiger partial charge in [0, 0.05) is 19.5 Å². The van der Waals surface area contributed by atoms with E-state index >= 15 is 0 Å². The maximum absolute atomic E-state index is 11.2. The number of hydrogen-bond donors (Lipinski definition) is 0. The van der Waals surface area contributed by atoms with Crippen LogP contribution in [0.4, 0.5) is 0 Å². The van der Waals surface area contributed by atoms with Gasteiger partial charge in [-0.1, -0.05) is 18.2 Å². The standard InChI is InChI=1S/C8H10O3S.Zn/c1-2-11-12(9,10)8-6-4-3-5-7-8;/h3-7H,2H2,1H3;. The summed E-state index contributed by atoms with van der Waals surface area (Å²) in [5.74, 6) is 0. The van der Waals surface area contributed by atoms with Crippen LogP contribution in [0, 0.1) is 0 Å². The first-order valence-corrected chi connectivity index (χ1v) is 5.02. The van der Waals surface area contributed by atoms with Crippen molar-refractivity contribution < 1.29 is 32.1 Å². The van der Waals surface area contributed by atoms with Crippen molar-refractivity contribution in [2.45, 2.75) is 11.8 Å². The van der Waals surface area contributed by atoms with Crippen molar-refractivity contribution in [1.29, 1.82) is 0 Å². The zero-order valence-corrected chi connectivity index (χ0v) is 11.2. The monoisotopic (exact) mass is 250 g/mol. The second kappa shape index (κ2) is 5.48. The predicted molar refractivity (Wildman–Crippen MR) is 45.3 cm³/mol. The Balaban J connectivity index is 0.00000144. The van der Waals surface area contributed by atoms with E-state index in [9.17, 15) is 8.42 Å². The van der Waals surface area contributed by atoms with Crippen LogP contribution in [-0.2, 0) is 33.8 Å². The van der Waals surface area contributed by atoms with Crippen LogP contribution in [0.25, 0.3) is 0 Å². The summed E-state index contributed by atoms with van der Waals surface area (Å²) in [6.45, 7) is 1.80. The van der Waals surface area contributed by atoms with Crippen molar-refractivity contribution in [2.24, 2.45) is 0 Å². The molecular formula is C8H10O3SZn. The first kappa shape index (κ1) is 12.8. The average Bonchev–Trinajstić information content (AvgIpc) is 2.06. The van der Waals surface area contributed by atoms with Crippen molar-refractivity contribution in [3.63, 3.8) is 0 Å². The van der Waals surface area contributed by atoms with E-state index in [2.05, 4.69) is 4.18 Å². The quantitative estimate of drug-likeness (QED) is 0.603. The third kappa shape index (κ3) is 3.55. The molecule has 0 saturated heterocycles. The summed E-state index contributed by atoms with van der Waals surface area (Å²) in [7, 11) is -3.51. The van der Waals surface area contributed by atoms with Gasteiger partial charge in [-0.2, -0.15) is 8.42 Å². The van der Waals surface area contributed by atoms with Crippen LogP contribution < -0.4 is 0 Å². The van der Waals surface area contributed by atoms with Gasteiger partial charge in [-0.15, -0.1) is 0 Å². The Kier molecular flexibility index (Phi) is 5.37. The molecule has 13 heavy (non-hydrogen) atoms. The van der Waals surface area contributed by atoms with Crippen LogP contribution in [0.1, 0.15) is 6.92 Å². The predicted octanol–water partition coefficient (Wildman–Crippen LogP) is 1.41. The van der Waals surface area contributed by atoms with E-state index in [0.29, 0.717) is 0 Å². The first-order chi connectivity index (χ1) is 5.67. The molecule has 0 unspecified atom stereocenters. The van der Waals surface area contributed by atoms with Crippen LogP contribution in [0.2, 0.25) is 0 Å². The normalized spacial score (nSPS) is 10.5. The Morgan fingerprint density at radius 3 is 2.23 bits per heavy atom. The summed E-state index contributed by atoms with van der Waals surface area (Å²) >= 11 is 0. The molecule has 0 spiro atoms. The third-order valence-electron chi connectivity index (χ3n) is 1.30. The Morgan fingerprint density at radius 2 is 1.77 bits per heavy atom. The maximum Gasteiger partial charge on any atom is 0.296 e. The van der Waals surface area contributed by atoms with Gasteiger partial charge in [-0.3, -0.25) is 4.18 Å². The van der Waals surface area contributed by atoms with E-state index < -0.39 is 10.1 Å². The van der Waals surface area contributed by atoms with Crippen LogP contribution in [0.3, 0.4) is 0 Å². The summed E-state index contributed by atoms with van der Waals surface area (Å²) in [5.41, 5.74) is 0. The van der Waals surface area contributed by atoms with E-state index in [1.54, 1.807) is 25.1 Å². The van der Waals surface area contributed by atoms with Gasteiger partial charge in [0.1, 0.15) is 0 Å². The average molecular weight is 252 g/mol. The molecule has 0 amide bonds. The van der Waals surface area contributed by atoms with E-state index in [0.717, 1.165) is 0 Å². The Bertz CT molecular complexity index is 334. The van der Waals surface area contributed by atoms with Crippen LogP contribution in [0.5, 0.6) is 0 Å². The van der Waals surface area contributed by atoms with Gasteiger partial charge >= 0.3 is 0 Å². The molecule has 0 aliphatic heterocycles. The molecule has 0 aliphatic rings. The molecule has 0 bridgehead atoms. The largest absolute Gasteiger partial charge is 0.296 e. The maximum atomic E-state index is 11.2. The molecule has 0 fully saturated rings. The summed E-state index contributed by atoms with van der Waals surface area (Å²) in [4.78, 5) is 0.201. The van der Waals surface area contributed by atoms with Crippen molar-refractivity contribution in [3.8, 4) is 0 Å². The minimum atomic E-state index is -3.51. The van der Waals surface area contributed by atoms with E-state index in [4.69, 9.17) is 0 Å². The van der Waals surface area contributed by atoms with Gasteiger partial charge in [0.05, 0.1) is 11.5 Å². The molecule has 0 heterocycles. The van der Waals surface area contributed by atoms with E-state index in [1.165, 1.54) is 12.1 Å². The number of benzene rings is 1. The van der Waals surface area contributed by atoms with Crippen LogP contribution >= 0.6 is 0 Å². The van der Waals surface area contributed by atoms with Crippen LogP contribution in [0.15, 0.2) is 35.2 Å². The molecule has 1 aromatic carbocycles. The van der Waals surface area contributed by atoms with Crippen molar-refractivity contribution in [2.75, 3.05) is 6.61 Å². The molecule has 0 saturated carbocycles. The summed E-state index contributed by atoms with van der Waals surface area (Å²) < 4.78 is 27.0. The summed E-state index contributed by atoms with van der Waals surface area (Å²) in [6, 6.07) is 8.08. The van der Waals surface area contributed by atoms with Gasteiger partial charge in [-0.05, 0) is 19.1 Å². The molecule has 0 atom stereocenters. The molecule has 5 heteroatoms. The van der Waals surface area contributed by atoms with Gasteiger partial charge in [0.2, 0.25) is 0 Å². The van der Waals surface area contributed by atoms with Crippen molar-refractivity contribution in [1.82, 2.24) is 0 Å². The zero-order chi connectivity index (χ0) is 9.03. The second-order valence-corrected chi connectivity index (χ2v) is 3.79. The summed E-state index contributed by atoms with van der Waals surface area (Å²) in [6.07, 6.45) is 0. The smallest absolute Gasteiger partial charge is 0.267 e. The van der Waals surface area contributed by atoms with Crippen molar-refractivity contribution >= 4 is 10.1 Å². The van der Waals surface area contributed by atoms with Gasteiger partial charge < -0.3 is 0 Å². The molecule has 3 nitrogen and oxygen atoms in total. The Labute approximate surface area is 91.0 Å². The second-order valence-electron chi connectivity index (χ2n) is 2.17. The fourth-order valence-electron chi connectivity index (χ4n) is 0.810. The topological polar surface area (TPSA) is 43.4 Å². The van der Waals surface area contributed by atoms with Gasteiger partial charge in [0.15, 0.2) is 0 Å². The molecule has 0 aliphatic carbocycles. The third-order valence-corrected chi connectivity index (χ3v) is 2.70. The Morgan fingerprint density at radius 1 is 1.23 bits per heavy atom. The molecule has 0 radical (unpaired) electrons. The molecule has 1 aromatic rings. The number of hydrogen-bond acceptors (Lipinski definition) is 3. The first-order valence-electron chi connectivity index (χ1n) is 3.61.